The van der Waals surface area contributed by atoms with Gasteiger partial charge in [-0.25, -0.2) is 4.39 Å². The van der Waals surface area contributed by atoms with Gasteiger partial charge in [0.2, 0.25) is 0 Å². The lowest BCUT2D eigenvalue weighted by atomic mass is 9.95. The number of aryl methyl sites for hydroxylation is 1. The molecule has 2 rings (SSSR count). The van der Waals surface area contributed by atoms with E-state index in [1.807, 2.05) is 0 Å². The van der Waals surface area contributed by atoms with Crippen LogP contribution in [0.1, 0.15) is 41.6 Å². The van der Waals surface area contributed by atoms with Crippen LogP contribution in [0.2, 0.25) is 0 Å². The molecule has 0 aliphatic heterocycles. The molecule has 0 radical (unpaired) electrons. The molecule has 1 saturated carbocycles. The summed E-state index contributed by atoms with van der Waals surface area (Å²) in [6.07, 6.45) is 2.91. The number of oxime groups is 1. The number of hydrogen-bond donors (Lipinski definition) is 3. The maximum Gasteiger partial charge on any atom is 0.255 e. The Morgan fingerprint density at radius 1 is 1.45 bits per heavy atom. The van der Waals surface area contributed by atoms with Crippen molar-refractivity contribution in [3.05, 3.63) is 35.1 Å². The van der Waals surface area contributed by atoms with Crippen LogP contribution >= 0.6 is 0 Å². The standard InChI is InChI=1S/C14H18FN3O2/c1-9-4-5-11(15)10(8-9)12(19)17-14(13(16)18-20)6-2-3-7-14/h4-5,8,20H,2-3,6-7H2,1H3,(H2,16,18)(H,17,19). The summed E-state index contributed by atoms with van der Waals surface area (Å²) >= 11 is 0. The minimum atomic E-state index is -0.873. The molecule has 0 spiro atoms. The first-order valence-electron chi connectivity index (χ1n) is 6.55. The van der Waals surface area contributed by atoms with Gasteiger partial charge in [-0.05, 0) is 31.9 Å². The lowest BCUT2D eigenvalue weighted by Gasteiger charge is -2.28. The summed E-state index contributed by atoms with van der Waals surface area (Å²) in [4.78, 5) is 12.3. The molecule has 5 nitrogen and oxygen atoms in total. The lowest BCUT2D eigenvalue weighted by Crippen LogP contribution is -2.55. The first-order valence-corrected chi connectivity index (χ1v) is 6.55. The lowest BCUT2D eigenvalue weighted by molar-refractivity contribution is 0.0918. The summed E-state index contributed by atoms with van der Waals surface area (Å²) in [5, 5.41) is 14.6. The molecule has 4 N–H and O–H groups in total. The van der Waals surface area contributed by atoms with Gasteiger partial charge in [-0.3, -0.25) is 4.79 Å². The summed E-state index contributed by atoms with van der Waals surface area (Å²) in [6, 6.07) is 4.34. The summed E-state index contributed by atoms with van der Waals surface area (Å²) in [5.41, 5.74) is 5.59. The predicted molar refractivity (Wildman–Crippen MR) is 73.2 cm³/mol. The summed E-state index contributed by atoms with van der Waals surface area (Å²) in [6.45, 7) is 1.78. The minimum Gasteiger partial charge on any atom is -0.409 e. The summed E-state index contributed by atoms with van der Waals surface area (Å²) in [7, 11) is 0. The number of amides is 1. The fraction of sp³-hybridized carbons (Fsp3) is 0.429. The van der Waals surface area contributed by atoms with Crippen LogP contribution in [0.5, 0.6) is 0 Å². The van der Waals surface area contributed by atoms with E-state index in [9.17, 15) is 9.18 Å². The van der Waals surface area contributed by atoms with Crippen molar-refractivity contribution in [1.82, 2.24) is 5.32 Å². The number of carbonyl (C=O) groups is 1. The van der Waals surface area contributed by atoms with Crippen LogP contribution in [-0.4, -0.2) is 22.5 Å². The zero-order valence-electron chi connectivity index (χ0n) is 11.3. The van der Waals surface area contributed by atoms with Gasteiger partial charge >= 0.3 is 0 Å². The summed E-state index contributed by atoms with van der Waals surface area (Å²) < 4.78 is 13.7. The molecule has 0 atom stereocenters. The quantitative estimate of drug-likeness (QED) is 0.342. The van der Waals surface area contributed by atoms with E-state index in [0.717, 1.165) is 18.4 Å². The highest BCUT2D eigenvalue weighted by Crippen LogP contribution is 2.30. The molecule has 1 amide bonds. The van der Waals surface area contributed by atoms with Gasteiger partial charge in [-0.2, -0.15) is 0 Å². The van der Waals surface area contributed by atoms with Crippen LogP contribution in [0.3, 0.4) is 0 Å². The van der Waals surface area contributed by atoms with E-state index < -0.39 is 17.3 Å². The third-order valence-electron chi connectivity index (χ3n) is 3.77. The second-order valence-corrected chi connectivity index (χ2v) is 5.21. The van der Waals surface area contributed by atoms with Gasteiger partial charge in [-0.1, -0.05) is 29.6 Å². The van der Waals surface area contributed by atoms with Gasteiger partial charge in [0.15, 0.2) is 5.84 Å². The molecule has 1 aromatic rings. The van der Waals surface area contributed by atoms with Crippen LogP contribution in [-0.2, 0) is 0 Å². The number of nitrogens with zero attached hydrogens (tertiary/aromatic N) is 1. The zero-order valence-corrected chi connectivity index (χ0v) is 11.3. The van der Waals surface area contributed by atoms with Crippen LogP contribution in [0.4, 0.5) is 4.39 Å². The van der Waals surface area contributed by atoms with Gasteiger partial charge < -0.3 is 16.3 Å². The predicted octanol–water partition coefficient (Wildman–Crippen LogP) is 1.92. The Morgan fingerprint density at radius 3 is 2.70 bits per heavy atom. The topological polar surface area (TPSA) is 87.7 Å². The molecular weight excluding hydrogens is 261 g/mol. The second kappa shape index (κ2) is 5.48. The van der Waals surface area contributed by atoms with E-state index in [0.29, 0.717) is 12.8 Å². The van der Waals surface area contributed by atoms with Gasteiger partial charge in [0.25, 0.3) is 5.91 Å². The first kappa shape index (κ1) is 14.3. The molecule has 1 fully saturated rings. The molecule has 108 valence electrons. The maximum absolute atomic E-state index is 13.7. The van der Waals surface area contributed by atoms with Crippen molar-refractivity contribution in [3.63, 3.8) is 0 Å². The van der Waals surface area contributed by atoms with E-state index in [4.69, 9.17) is 10.9 Å². The molecule has 1 aliphatic rings. The van der Waals surface area contributed by atoms with Crippen LogP contribution in [0.15, 0.2) is 23.4 Å². The molecule has 1 aliphatic carbocycles. The van der Waals surface area contributed by atoms with E-state index in [2.05, 4.69) is 10.5 Å². The third-order valence-corrected chi connectivity index (χ3v) is 3.77. The highest BCUT2D eigenvalue weighted by atomic mass is 19.1. The molecule has 20 heavy (non-hydrogen) atoms. The van der Waals surface area contributed by atoms with Crippen molar-refractivity contribution in [1.29, 1.82) is 0 Å². The third kappa shape index (κ3) is 2.59. The number of nitrogens with two attached hydrogens (primary N) is 1. The minimum absolute atomic E-state index is 0.0259. The Hall–Kier alpha value is -2.11. The van der Waals surface area contributed by atoms with Gasteiger partial charge in [0.05, 0.1) is 5.56 Å². The van der Waals surface area contributed by atoms with Gasteiger partial charge in [-0.15, -0.1) is 0 Å². The average molecular weight is 279 g/mol. The molecule has 0 aromatic heterocycles. The van der Waals surface area contributed by atoms with Crippen molar-refractivity contribution in [3.8, 4) is 0 Å². The largest absolute Gasteiger partial charge is 0.409 e. The number of benzene rings is 1. The van der Waals surface area contributed by atoms with Crippen molar-refractivity contribution in [2.45, 2.75) is 38.1 Å². The number of rotatable bonds is 3. The molecule has 0 unspecified atom stereocenters. The maximum atomic E-state index is 13.7. The van der Waals surface area contributed by atoms with Crippen molar-refractivity contribution < 1.29 is 14.4 Å². The fourth-order valence-corrected chi connectivity index (χ4v) is 2.62. The number of nitrogens with one attached hydrogen (secondary N) is 1. The fourth-order valence-electron chi connectivity index (χ4n) is 2.62. The Labute approximate surface area is 116 Å². The average Bonchev–Trinajstić information content (AvgIpc) is 2.90. The smallest absolute Gasteiger partial charge is 0.255 e. The molecule has 0 saturated heterocycles. The van der Waals surface area contributed by atoms with E-state index in [1.54, 1.807) is 13.0 Å². The number of hydrogen-bond acceptors (Lipinski definition) is 3. The molecule has 1 aromatic carbocycles. The monoisotopic (exact) mass is 279 g/mol. The van der Waals surface area contributed by atoms with E-state index >= 15 is 0 Å². The van der Waals surface area contributed by atoms with E-state index in [-0.39, 0.29) is 11.4 Å². The van der Waals surface area contributed by atoms with Crippen LogP contribution in [0, 0.1) is 12.7 Å². The van der Waals surface area contributed by atoms with Crippen LogP contribution < -0.4 is 11.1 Å². The van der Waals surface area contributed by atoms with Crippen molar-refractivity contribution in [2.75, 3.05) is 0 Å². The van der Waals surface area contributed by atoms with Gasteiger partial charge in [0, 0.05) is 0 Å². The zero-order chi connectivity index (χ0) is 14.8. The Morgan fingerprint density at radius 2 is 2.10 bits per heavy atom. The second-order valence-electron chi connectivity index (χ2n) is 5.21. The Balaban J connectivity index is 2.27. The normalized spacial score (nSPS) is 18.0. The molecule has 0 heterocycles. The molecule has 6 heteroatoms. The van der Waals surface area contributed by atoms with E-state index in [1.165, 1.54) is 12.1 Å². The Kier molecular flexibility index (Phi) is 3.92. The highest BCUT2D eigenvalue weighted by Gasteiger charge is 2.40. The summed E-state index contributed by atoms with van der Waals surface area (Å²) in [5.74, 6) is -1.16. The molecular formula is C14H18FN3O2. The van der Waals surface area contributed by atoms with Gasteiger partial charge in [0.1, 0.15) is 11.4 Å². The van der Waals surface area contributed by atoms with Crippen molar-refractivity contribution in [2.24, 2.45) is 10.9 Å². The Bertz CT molecular complexity index is 551. The number of amidine groups is 1. The number of carbonyl (C=O) groups excluding carboxylic acids is 1. The molecule has 0 bridgehead atoms. The number of halogens is 1. The van der Waals surface area contributed by atoms with Crippen LogP contribution in [0.25, 0.3) is 0 Å². The SMILES string of the molecule is Cc1ccc(F)c(C(=O)NC2(C(N)=NO)CCCC2)c1. The first-order chi connectivity index (χ1) is 9.48. The van der Waals surface area contributed by atoms with Crippen molar-refractivity contribution >= 4 is 11.7 Å². The highest BCUT2D eigenvalue weighted by molar-refractivity contribution is 6.00.